The molecule has 3 aromatic rings. The summed E-state index contributed by atoms with van der Waals surface area (Å²) in [5.74, 6) is 0.612. The van der Waals surface area contributed by atoms with E-state index in [0.717, 1.165) is 0 Å². The van der Waals surface area contributed by atoms with Crippen LogP contribution in [-0.4, -0.2) is 55.2 Å². The van der Waals surface area contributed by atoms with Gasteiger partial charge in [0.15, 0.2) is 21.3 Å². The number of hydrogen-bond donors (Lipinski definition) is 1. The van der Waals surface area contributed by atoms with Crippen LogP contribution >= 0.6 is 0 Å². The third kappa shape index (κ3) is 5.10. The Balaban J connectivity index is 1.70. The van der Waals surface area contributed by atoms with E-state index in [0.29, 0.717) is 34.2 Å². The minimum atomic E-state index is -4.02. The summed E-state index contributed by atoms with van der Waals surface area (Å²) in [6, 6.07) is 15.8. The molecule has 200 valence electrons. The molecule has 0 saturated heterocycles. The topological polar surface area (TPSA) is 120 Å². The number of ether oxygens (including phenoxy) is 4. The maximum absolute atomic E-state index is 13.8. The fourth-order valence-electron chi connectivity index (χ4n) is 4.36. The van der Waals surface area contributed by atoms with Gasteiger partial charge in [0.05, 0.1) is 50.0 Å². The van der Waals surface area contributed by atoms with Crippen molar-refractivity contribution in [1.82, 2.24) is 0 Å². The van der Waals surface area contributed by atoms with Gasteiger partial charge in [-0.05, 0) is 42.0 Å². The Labute approximate surface area is 221 Å². The molecule has 0 saturated carbocycles. The van der Waals surface area contributed by atoms with Crippen molar-refractivity contribution in [1.29, 1.82) is 0 Å². The molecule has 2 amide bonds. The molecule has 0 aromatic heterocycles. The number of rotatable bonds is 8. The Hall–Kier alpha value is -4.25. The lowest BCUT2D eigenvalue weighted by atomic mass is 10.1. The third-order valence-corrected chi connectivity index (χ3v) is 8.41. The molecule has 10 nitrogen and oxygen atoms in total. The quantitative estimate of drug-likeness (QED) is 0.460. The number of fused-ring (bicyclic) bond motifs is 1. The van der Waals surface area contributed by atoms with Crippen LogP contribution in [-0.2, 0) is 19.4 Å². The van der Waals surface area contributed by atoms with Crippen LogP contribution in [0.1, 0.15) is 17.2 Å². The number of methoxy groups -OCH3 is 4. The van der Waals surface area contributed by atoms with E-state index in [-0.39, 0.29) is 17.0 Å². The van der Waals surface area contributed by atoms with E-state index in [1.54, 1.807) is 48.5 Å². The number of nitrogens with zero attached hydrogens (tertiary/aromatic N) is 1. The molecule has 0 bridgehead atoms. The largest absolute Gasteiger partial charge is 0.497 e. The van der Waals surface area contributed by atoms with Gasteiger partial charge in [-0.15, -0.1) is 0 Å². The number of carbonyl (C=O) groups excluding carboxylic acids is 2. The van der Waals surface area contributed by atoms with Crippen LogP contribution in [0.4, 0.5) is 11.4 Å². The van der Waals surface area contributed by atoms with E-state index < -0.39 is 33.4 Å². The van der Waals surface area contributed by atoms with Gasteiger partial charge in [0, 0.05) is 12.5 Å². The van der Waals surface area contributed by atoms with Gasteiger partial charge in [0.2, 0.25) is 11.8 Å². The van der Waals surface area contributed by atoms with Crippen molar-refractivity contribution in [2.75, 3.05) is 45.2 Å². The molecule has 0 aliphatic carbocycles. The molecule has 1 unspecified atom stereocenters. The summed E-state index contributed by atoms with van der Waals surface area (Å²) < 4.78 is 48.8. The van der Waals surface area contributed by atoms with Crippen LogP contribution in [0, 0.1) is 0 Å². The second kappa shape index (κ2) is 11.0. The Morgan fingerprint density at radius 3 is 2.26 bits per heavy atom. The van der Waals surface area contributed by atoms with Crippen molar-refractivity contribution < 1.29 is 37.0 Å². The lowest BCUT2D eigenvalue weighted by molar-refractivity contribution is -0.121. The first kappa shape index (κ1) is 26.8. The Kier molecular flexibility index (Phi) is 7.77. The summed E-state index contributed by atoms with van der Waals surface area (Å²) in [6.45, 7) is -0.412. The van der Waals surface area contributed by atoms with Gasteiger partial charge >= 0.3 is 0 Å². The van der Waals surface area contributed by atoms with E-state index in [1.807, 2.05) is 0 Å². The van der Waals surface area contributed by atoms with Crippen molar-refractivity contribution in [3.05, 3.63) is 66.2 Å². The molecule has 1 aliphatic rings. The average molecular weight is 541 g/mol. The first-order chi connectivity index (χ1) is 18.2. The Bertz CT molecular complexity index is 1470. The minimum Gasteiger partial charge on any atom is -0.497 e. The molecule has 1 N–H and O–H groups in total. The van der Waals surface area contributed by atoms with Gasteiger partial charge in [-0.1, -0.05) is 18.2 Å². The molecule has 1 heterocycles. The molecule has 0 radical (unpaired) electrons. The maximum Gasteiger partial charge on any atom is 0.244 e. The van der Waals surface area contributed by atoms with Crippen LogP contribution in [0.3, 0.4) is 0 Å². The highest BCUT2D eigenvalue weighted by Crippen LogP contribution is 2.42. The third-order valence-electron chi connectivity index (χ3n) is 6.26. The van der Waals surface area contributed by atoms with Crippen LogP contribution in [0.25, 0.3) is 0 Å². The van der Waals surface area contributed by atoms with E-state index in [9.17, 15) is 18.0 Å². The predicted octanol–water partition coefficient (Wildman–Crippen LogP) is 3.61. The number of para-hydroxylation sites is 1. The number of carbonyl (C=O) groups is 2. The highest BCUT2D eigenvalue weighted by molar-refractivity contribution is 7.92. The van der Waals surface area contributed by atoms with E-state index in [1.165, 1.54) is 45.5 Å². The number of amides is 2. The Morgan fingerprint density at radius 1 is 0.895 bits per heavy atom. The van der Waals surface area contributed by atoms with Crippen molar-refractivity contribution in [2.24, 2.45) is 0 Å². The highest BCUT2D eigenvalue weighted by atomic mass is 32.2. The van der Waals surface area contributed by atoms with Crippen LogP contribution in [0.15, 0.2) is 65.6 Å². The number of sulfone groups is 1. The lowest BCUT2D eigenvalue weighted by Crippen LogP contribution is -2.38. The van der Waals surface area contributed by atoms with Gasteiger partial charge in [0.25, 0.3) is 0 Å². The minimum absolute atomic E-state index is 0.0441. The van der Waals surface area contributed by atoms with Gasteiger partial charge in [-0.2, -0.15) is 0 Å². The molecular formula is C27H28N2O8S. The fourth-order valence-corrected chi connectivity index (χ4v) is 6.27. The van der Waals surface area contributed by atoms with Gasteiger partial charge in [0.1, 0.15) is 18.0 Å². The number of benzene rings is 3. The predicted molar refractivity (Wildman–Crippen MR) is 141 cm³/mol. The molecule has 0 fully saturated rings. The molecule has 3 aromatic carbocycles. The van der Waals surface area contributed by atoms with Gasteiger partial charge < -0.3 is 29.2 Å². The molecule has 4 rings (SSSR count). The van der Waals surface area contributed by atoms with E-state index in [2.05, 4.69) is 5.32 Å². The van der Waals surface area contributed by atoms with Crippen molar-refractivity contribution in [3.8, 4) is 23.0 Å². The summed E-state index contributed by atoms with van der Waals surface area (Å²) >= 11 is 0. The second-order valence-corrected chi connectivity index (χ2v) is 10.5. The summed E-state index contributed by atoms with van der Waals surface area (Å²) in [7, 11) is 1.86. The maximum atomic E-state index is 13.8. The smallest absolute Gasteiger partial charge is 0.244 e. The van der Waals surface area contributed by atoms with E-state index in [4.69, 9.17) is 18.9 Å². The zero-order valence-corrected chi connectivity index (χ0v) is 22.2. The fraction of sp³-hybridized carbons (Fsp3) is 0.259. The Morgan fingerprint density at radius 2 is 1.58 bits per heavy atom. The SMILES string of the molecule is COc1ccc(OC)c(NC(=O)CN2C(=O)CC(c3ccc(OC)c(OC)c3)S(=O)(=O)c3ccccc32)c1. The summed E-state index contributed by atoms with van der Waals surface area (Å²) in [5.41, 5.74) is 0.856. The van der Waals surface area contributed by atoms with Crippen molar-refractivity contribution in [3.63, 3.8) is 0 Å². The summed E-state index contributed by atoms with van der Waals surface area (Å²) in [5, 5.41) is 1.54. The lowest BCUT2D eigenvalue weighted by Gasteiger charge is -2.22. The molecule has 1 atom stereocenters. The van der Waals surface area contributed by atoms with Gasteiger partial charge in [-0.25, -0.2) is 8.42 Å². The first-order valence-electron chi connectivity index (χ1n) is 11.6. The monoisotopic (exact) mass is 540 g/mol. The van der Waals surface area contributed by atoms with Crippen LogP contribution < -0.4 is 29.2 Å². The van der Waals surface area contributed by atoms with Crippen molar-refractivity contribution >= 4 is 33.0 Å². The van der Waals surface area contributed by atoms with Gasteiger partial charge in [-0.3, -0.25) is 9.59 Å². The van der Waals surface area contributed by atoms with Crippen LogP contribution in [0.5, 0.6) is 23.0 Å². The van der Waals surface area contributed by atoms with E-state index >= 15 is 0 Å². The normalized spacial score (nSPS) is 16.2. The van der Waals surface area contributed by atoms with Crippen molar-refractivity contribution in [2.45, 2.75) is 16.6 Å². The molecule has 38 heavy (non-hydrogen) atoms. The number of nitrogens with one attached hydrogen (secondary N) is 1. The molecule has 11 heteroatoms. The zero-order chi connectivity index (χ0) is 27.4. The summed E-state index contributed by atoms with van der Waals surface area (Å²) in [4.78, 5) is 27.8. The molecule has 1 aliphatic heterocycles. The van der Waals surface area contributed by atoms with Crippen LogP contribution in [0.2, 0.25) is 0 Å². The standard InChI is InChI=1S/C27H28N2O8S/c1-34-18-10-12-21(35-2)19(14-18)28-26(30)16-29-20-7-5-6-8-24(20)38(32,33)25(15-27(29)31)17-9-11-22(36-3)23(13-17)37-4/h5-14,25H,15-16H2,1-4H3,(H,28,30). The molecular weight excluding hydrogens is 512 g/mol. The number of hydrogen-bond acceptors (Lipinski definition) is 8. The molecule has 0 spiro atoms. The highest BCUT2D eigenvalue weighted by Gasteiger charge is 2.40. The second-order valence-electron chi connectivity index (χ2n) is 8.41. The number of anilines is 2. The average Bonchev–Trinajstić information content (AvgIpc) is 3.01. The first-order valence-corrected chi connectivity index (χ1v) is 13.1. The zero-order valence-electron chi connectivity index (χ0n) is 21.4. The summed E-state index contributed by atoms with van der Waals surface area (Å²) in [6.07, 6.45) is -0.373.